The first-order chi connectivity index (χ1) is 14.1. The Kier molecular flexibility index (Phi) is 6.90. The first-order valence-electron chi connectivity index (χ1n) is 9.93. The molecule has 0 atom stereocenters. The van der Waals surface area contributed by atoms with Gasteiger partial charge in [0.25, 0.3) is 0 Å². The predicted molar refractivity (Wildman–Crippen MR) is 122 cm³/mol. The summed E-state index contributed by atoms with van der Waals surface area (Å²) >= 11 is 1.67. The summed E-state index contributed by atoms with van der Waals surface area (Å²) in [5, 5.41) is 12.6. The van der Waals surface area contributed by atoms with Crippen molar-refractivity contribution in [3.63, 3.8) is 0 Å². The van der Waals surface area contributed by atoms with Crippen LogP contribution in [0.25, 0.3) is 22.2 Å². The van der Waals surface area contributed by atoms with Crippen LogP contribution in [0.4, 0.5) is 15.8 Å². The molecular formula is C23H26ClN5S. The van der Waals surface area contributed by atoms with Gasteiger partial charge in [0.1, 0.15) is 16.9 Å². The summed E-state index contributed by atoms with van der Waals surface area (Å²) in [5.41, 5.74) is 4.28. The second-order valence-electron chi connectivity index (χ2n) is 6.97. The van der Waals surface area contributed by atoms with Crippen LogP contribution in [-0.2, 0) is 14.1 Å². The number of para-hydroxylation sites is 1. The molecule has 2 aromatic carbocycles. The van der Waals surface area contributed by atoms with Crippen LogP contribution in [0.15, 0.2) is 71.0 Å². The Morgan fingerprint density at radius 2 is 1.63 bits per heavy atom. The van der Waals surface area contributed by atoms with Crippen LogP contribution >= 0.6 is 11.3 Å². The Balaban J connectivity index is 0.00000256. The second kappa shape index (κ2) is 9.41. The highest BCUT2D eigenvalue weighted by molar-refractivity contribution is 7.18. The van der Waals surface area contributed by atoms with Crippen molar-refractivity contribution in [3.05, 3.63) is 60.8 Å². The van der Waals surface area contributed by atoms with E-state index >= 15 is 0 Å². The number of hydrogen-bond acceptors (Lipinski definition) is 4. The van der Waals surface area contributed by atoms with E-state index in [9.17, 15) is 0 Å². The number of fused-ring (bicyclic) bond motifs is 1. The molecule has 0 N–H and O–H groups in total. The van der Waals surface area contributed by atoms with Gasteiger partial charge in [-0.2, -0.15) is 0 Å². The molecule has 4 aromatic rings. The number of benzene rings is 2. The second-order valence-corrected chi connectivity index (χ2v) is 7.96. The molecule has 0 radical (unpaired) electrons. The zero-order valence-electron chi connectivity index (χ0n) is 17.7. The van der Waals surface area contributed by atoms with Gasteiger partial charge in [-0.3, -0.25) is 0 Å². The summed E-state index contributed by atoms with van der Waals surface area (Å²) in [7, 11) is 4.12. The van der Waals surface area contributed by atoms with Gasteiger partial charge in [0.2, 0.25) is 0 Å². The molecular weight excluding hydrogens is 414 g/mol. The normalized spacial score (nSPS) is 11.2. The van der Waals surface area contributed by atoms with Gasteiger partial charge in [0.15, 0.2) is 0 Å². The number of aryl methyl sites for hydroxylation is 2. The average molecular weight is 440 g/mol. The molecule has 2 heterocycles. The molecule has 0 saturated heterocycles. The van der Waals surface area contributed by atoms with E-state index in [2.05, 4.69) is 94.8 Å². The highest BCUT2D eigenvalue weighted by Gasteiger charge is 2.20. The smallest absolute Gasteiger partial charge is 0.410 e. The first-order valence-corrected chi connectivity index (χ1v) is 10.7. The van der Waals surface area contributed by atoms with Crippen molar-refractivity contribution in [1.82, 2.24) is 4.57 Å². The number of nitrogens with zero attached hydrogens (tertiary/aromatic N) is 5. The largest absolute Gasteiger partial charge is 1.00 e. The maximum absolute atomic E-state index is 4.76. The monoisotopic (exact) mass is 439 g/mol. The Hall–Kier alpha value is -2.70. The summed E-state index contributed by atoms with van der Waals surface area (Å²) < 4.78 is 4.25. The van der Waals surface area contributed by atoms with Crippen molar-refractivity contribution < 1.29 is 17.0 Å². The van der Waals surface area contributed by atoms with Crippen LogP contribution in [0.5, 0.6) is 0 Å². The van der Waals surface area contributed by atoms with Gasteiger partial charge in [0, 0.05) is 31.1 Å². The Morgan fingerprint density at radius 3 is 2.33 bits per heavy atom. The number of rotatable bonds is 6. The average Bonchev–Trinajstić information content (AvgIpc) is 3.25. The number of anilines is 1. The Morgan fingerprint density at radius 1 is 0.967 bits per heavy atom. The molecule has 5 nitrogen and oxygen atoms in total. The molecule has 0 aliphatic carbocycles. The van der Waals surface area contributed by atoms with E-state index in [1.807, 2.05) is 13.1 Å². The van der Waals surface area contributed by atoms with E-state index in [0.29, 0.717) is 0 Å². The van der Waals surface area contributed by atoms with Crippen LogP contribution in [0.1, 0.15) is 13.8 Å². The minimum Gasteiger partial charge on any atom is -1.00 e. The molecule has 0 aliphatic heterocycles. The number of thiazole rings is 1. The summed E-state index contributed by atoms with van der Waals surface area (Å²) in [4.78, 5) is 2.33. The molecule has 2 aromatic heterocycles. The van der Waals surface area contributed by atoms with E-state index in [1.54, 1.807) is 11.3 Å². The SMILES string of the molecule is CCN(CC)c1c[n+](C)c(/N=N/c2c(-c3ccccc3)n(C)c3ccccc23)s1.[Cl-]. The van der Waals surface area contributed by atoms with E-state index in [-0.39, 0.29) is 12.4 Å². The predicted octanol–water partition coefficient (Wildman–Crippen LogP) is 3.00. The van der Waals surface area contributed by atoms with E-state index in [0.717, 1.165) is 46.1 Å². The third-order valence-electron chi connectivity index (χ3n) is 5.24. The van der Waals surface area contributed by atoms with Gasteiger partial charge < -0.3 is 21.9 Å². The Bertz CT molecular complexity index is 1160. The maximum Gasteiger partial charge on any atom is 0.410 e. The molecule has 30 heavy (non-hydrogen) atoms. The standard InChI is InChI=1S/C23H26N5S.ClH/c1-5-28(6-2)20-16-26(3)23(29-20)25-24-21-18-14-10-11-15-19(18)27(4)22(21)17-12-8-7-9-13-17;/h7-16H,5-6H2,1-4H3;1H/q+1;/p-1. The number of hydrogen-bond donors (Lipinski definition) is 0. The Labute approximate surface area is 187 Å². The first kappa shape index (κ1) is 22.0. The van der Waals surface area contributed by atoms with Crippen molar-refractivity contribution in [2.45, 2.75) is 13.8 Å². The van der Waals surface area contributed by atoms with Crippen LogP contribution < -0.4 is 21.9 Å². The van der Waals surface area contributed by atoms with Crippen LogP contribution in [0, 0.1) is 0 Å². The van der Waals surface area contributed by atoms with Gasteiger partial charge in [0.05, 0.1) is 23.4 Å². The molecule has 156 valence electrons. The lowest BCUT2D eigenvalue weighted by atomic mass is 10.1. The molecule has 0 spiro atoms. The van der Waals surface area contributed by atoms with Crippen molar-refractivity contribution in [2.75, 3.05) is 18.0 Å². The maximum atomic E-state index is 4.76. The minimum atomic E-state index is 0. The third kappa shape index (κ3) is 3.98. The van der Waals surface area contributed by atoms with Crippen LogP contribution in [0.3, 0.4) is 0 Å². The summed E-state index contributed by atoms with van der Waals surface area (Å²) in [6.07, 6.45) is 2.13. The van der Waals surface area contributed by atoms with Crippen molar-refractivity contribution >= 4 is 38.1 Å². The topological polar surface area (TPSA) is 36.8 Å². The lowest BCUT2D eigenvalue weighted by molar-refractivity contribution is -0.653. The quantitative estimate of drug-likeness (QED) is 0.336. The molecule has 0 aliphatic rings. The molecule has 4 rings (SSSR count). The number of aromatic nitrogens is 2. The van der Waals surface area contributed by atoms with Gasteiger partial charge in [-0.05, 0) is 36.4 Å². The molecule has 0 unspecified atom stereocenters. The summed E-state index contributed by atoms with van der Waals surface area (Å²) in [6, 6.07) is 18.8. The van der Waals surface area contributed by atoms with Crippen molar-refractivity contribution in [2.24, 2.45) is 24.3 Å². The third-order valence-corrected chi connectivity index (χ3v) is 6.36. The van der Waals surface area contributed by atoms with Gasteiger partial charge in [-0.15, -0.1) is 0 Å². The van der Waals surface area contributed by atoms with E-state index in [1.165, 1.54) is 5.00 Å². The van der Waals surface area contributed by atoms with Crippen molar-refractivity contribution in [3.8, 4) is 11.3 Å². The molecule has 0 bridgehead atoms. The lowest BCUT2D eigenvalue weighted by Crippen LogP contribution is -3.00. The summed E-state index contributed by atoms with van der Waals surface area (Å²) in [6.45, 7) is 6.31. The molecule has 0 saturated carbocycles. The molecule has 0 fully saturated rings. The minimum absolute atomic E-state index is 0. The zero-order valence-corrected chi connectivity index (χ0v) is 19.3. The lowest BCUT2D eigenvalue weighted by Gasteiger charge is -2.16. The number of azo groups is 1. The highest BCUT2D eigenvalue weighted by atomic mass is 35.5. The van der Waals surface area contributed by atoms with Crippen LogP contribution in [-0.4, -0.2) is 17.7 Å². The van der Waals surface area contributed by atoms with E-state index < -0.39 is 0 Å². The van der Waals surface area contributed by atoms with Gasteiger partial charge >= 0.3 is 5.13 Å². The fourth-order valence-electron chi connectivity index (χ4n) is 3.68. The van der Waals surface area contributed by atoms with Gasteiger partial charge in [-0.25, -0.2) is 4.57 Å². The summed E-state index contributed by atoms with van der Waals surface area (Å²) in [5.74, 6) is 0. The zero-order chi connectivity index (χ0) is 20.4. The fourth-order valence-corrected chi connectivity index (χ4v) is 4.74. The van der Waals surface area contributed by atoms with E-state index in [4.69, 9.17) is 5.11 Å². The molecule has 7 heteroatoms. The highest BCUT2D eigenvalue weighted by Crippen LogP contribution is 2.40. The number of halogens is 1. The molecule has 0 amide bonds. The van der Waals surface area contributed by atoms with Gasteiger partial charge in [-0.1, -0.05) is 48.5 Å². The fraction of sp³-hybridized carbons (Fsp3) is 0.261. The van der Waals surface area contributed by atoms with Crippen LogP contribution in [0.2, 0.25) is 0 Å². The van der Waals surface area contributed by atoms with Crippen molar-refractivity contribution in [1.29, 1.82) is 0 Å².